The fraction of sp³-hybridized carbons (Fsp3) is 0.143. The standard InChI is InChI=1S/C49H42N4O8/c1-29-41(24-22-39(44(29)55)48(59)53-42-25-23-40(49(60)61)45(56)30(42)2)52-46(57)36-18-20-38(21-19-36)51-47(58)37(26-27-50)28-43(54)35-16-12-32(13-17-35)9-8-31-10-14-34(15-11-31)33-6-4-3-5-7-33/h3-7,10-25,37,55-56H,8-9,26,28H2,1-2H3,(H,51,58)(H,52,57)(H,53,59)(H,60,61). The van der Waals surface area contributed by atoms with Crippen molar-refractivity contribution < 1.29 is 39.3 Å². The van der Waals surface area contributed by atoms with Crippen LogP contribution in [-0.2, 0) is 17.6 Å². The van der Waals surface area contributed by atoms with Crippen molar-refractivity contribution in [2.75, 3.05) is 16.0 Å². The Morgan fingerprint density at radius 2 is 1.10 bits per heavy atom. The Bertz CT molecular complexity index is 2650. The molecule has 12 heteroatoms. The number of Topliss-reactive ketones (excluding diaryl/α,β-unsaturated/α-hetero) is 1. The van der Waals surface area contributed by atoms with Crippen LogP contribution in [0.2, 0.25) is 0 Å². The average Bonchev–Trinajstić information content (AvgIpc) is 3.26. The number of hydrogen-bond donors (Lipinski definition) is 6. The summed E-state index contributed by atoms with van der Waals surface area (Å²) in [6, 6.07) is 39.1. The molecule has 0 fully saturated rings. The first-order valence-corrected chi connectivity index (χ1v) is 19.4. The molecule has 0 aliphatic rings. The number of aromatic carboxylic acids is 1. The van der Waals surface area contributed by atoms with Gasteiger partial charge >= 0.3 is 5.97 Å². The fourth-order valence-electron chi connectivity index (χ4n) is 6.71. The van der Waals surface area contributed by atoms with E-state index < -0.39 is 41.1 Å². The Labute approximate surface area is 352 Å². The van der Waals surface area contributed by atoms with Crippen LogP contribution in [0.15, 0.2) is 127 Å². The molecule has 6 aromatic carbocycles. The van der Waals surface area contributed by atoms with E-state index in [-0.39, 0.29) is 57.8 Å². The summed E-state index contributed by atoms with van der Waals surface area (Å²) < 4.78 is 0. The number of ketones is 1. The Morgan fingerprint density at radius 1 is 0.590 bits per heavy atom. The number of aryl methyl sites for hydroxylation is 2. The van der Waals surface area contributed by atoms with E-state index in [0.717, 1.165) is 30.0 Å². The molecule has 6 aromatic rings. The zero-order chi connectivity index (χ0) is 43.6. The van der Waals surface area contributed by atoms with E-state index in [1.54, 1.807) is 12.1 Å². The quantitative estimate of drug-likeness (QED) is 0.0546. The monoisotopic (exact) mass is 814 g/mol. The average molecular weight is 815 g/mol. The summed E-state index contributed by atoms with van der Waals surface area (Å²) in [5, 5.41) is 47.7. The molecule has 306 valence electrons. The van der Waals surface area contributed by atoms with Gasteiger partial charge in [0.05, 0.1) is 17.6 Å². The van der Waals surface area contributed by atoms with Crippen molar-refractivity contribution in [1.29, 1.82) is 5.26 Å². The number of nitriles is 1. The Kier molecular flexibility index (Phi) is 13.4. The molecule has 0 saturated carbocycles. The number of phenols is 2. The second kappa shape index (κ2) is 19.1. The maximum atomic E-state index is 13.2. The topological polar surface area (TPSA) is 206 Å². The predicted molar refractivity (Wildman–Crippen MR) is 232 cm³/mol. The molecule has 0 saturated heterocycles. The van der Waals surface area contributed by atoms with Gasteiger partial charge in [0, 0.05) is 52.2 Å². The van der Waals surface area contributed by atoms with Gasteiger partial charge in [-0.2, -0.15) is 5.26 Å². The maximum Gasteiger partial charge on any atom is 0.339 e. The Balaban J connectivity index is 1.01. The van der Waals surface area contributed by atoms with E-state index in [2.05, 4.69) is 52.3 Å². The third kappa shape index (κ3) is 10.3. The number of carbonyl (C=O) groups excluding carboxylic acids is 4. The summed E-state index contributed by atoms with van der Waals surface area (Å²) in [6.07, 6.45) is 1.29. The first-order valence-electron chi connectivity index (χ1n) is 19.4. The summed E-state index contributed by atoms with van der Waals surface area (Å²) in [6.45, 7) is 2.94. The molecule has 12 nitrogen and oxygen atoms in total. The minimum absolute atomic E-state index is 0.126. The second-order valence-electron chi connectivity index (χ2n) is 14.5. The van der Waals surface area contributed by atoms with Gasteiger partial charge in [-0.3, -0.25) is 19.2 Å². The van der Waals surface area contributed by atoms with Gasteiger partial charge in [0.15, 0.2) is 5.78 Å². The largest absolute Gasteiger partial charge is 0.507 e. The molecule has 61 heavy (non-hydrogen) atoms. The molecule has 1 unspecified atom stereocenters. The van der Waals surface area contributed by atoms with Gasteiger partial charge in [0.1, 0.15) is 17.1 Å². The maximum absolute atomic E-state index is 13.2. The van der Waals surface area contributed by atoms with Crippen LogP contribution in [-0.4, -0.2) is 44.8 Å². The summed E-state index contributed by atoms with van der Waals surface area (Å²) in [5.41, 5.74) is 5.85. The van der Waals surface area contributed by atoms with Crippen molar-refractivity contribution in [2.45, 2.75) is 39.5 Å². The lowest BCUT2D eigenvalue weighted by molar-refractivity contribution is -0.119. The van der Waals surface area contributed by atoms with Gasteiger partial charge in [0.2, 0.25) is 5.91 Å². The van der Waals surface area contributed by atoms with Gasteiger partial charge in [-0.25, -0.2) is 4.79 Å². The molecule has 0 aliphatic heterocycles. The van der Waals surface area contributed by atoms with E-state index in [9.17, 15) is 44.6 Å². The predicted octanol–water partition coefficient (Wildman–Crippen LogP) is 9.11. The van der Waals surface area contributed by atoms with E-state index in [4.69, 9.17) is 0 Å². The first kappa shape index (κ1) is 42.6. The van der Waals surface area contributed by atoms with Crippen molar-refractivity contribution in [3.63, 3.8) is 0 Å². The van der Waals surface area contributed by atoms with Gasteiger partial charge < -0.3 is 31.3 Å². The summed E-state index contributed by atoms with van der Waals surface area (Å²) in [5.74, 6) is -5.19. The van der Waals surface area contributed by atoms with Crippen LogP contribution in [0.1, 0.15) is 76.5 Å². The Hall–Kier alpha value is -8.04. The molecule has 0 heterocycles. The molecule has 0 aromatic heterocycles. The number of carboxylic acids is 1. The minimum atomic E-state index is -1.33. The van der Waals surface area contributed by atoms with Crippen LogP contribution < -0.4 is 16.0 Å². The van der Waals surface area contributed by atoms with E-state index in [1.165, 1.54) is 67.4 Å². The number of aromatic hydroxyl groups is 2. The Morgan fingerprint density at radius 3 is 1.67 bits per heavy atom. The lowest BCUT2D eigenvalue weighted by Crippen LogP contribution is -2.25. The first-order chi connectivity index (χ1) is 29.3. The van der Waals surface area contributed by atoms with Gasteiger partial charge in [-0.15, -0.1) is 0 Å². The smallest absolute Gasteiger partial charge is 0.339 e. The highest BCUT2D eigenvalue weighted by atomic mass is 16.4. The second-order valence-corrected chi connectivity index (χ2v) is 14.5. The SMILES string of the molecule is Cc1c(NC(=O)c2ccc(NC(=O)c3ccc(NC(=O)C(CC#N)CC(=O)c4ccc(CCc5ccc(-c6ccccc6)cc5)cc4)cc3)c(C)c2O)ccc(C(=O)O)c1O. The van der Waals surface area contributed by atoms with Crippen LogP contribution in [0.5, 0.6) is 11.5 Å². The lowest BCUT2D eigenvalue weighted by atomic mass is 9.94. The molecule has 6 rings (SSSR count). The van der Waals surface area contributed by atoms with E-state index in [1.807, 2.05) is 36.4 Å². The van der Waals surface area contributed by atoms with Gasteiger partial charge in [0.25, 0.3) is 11.8 Å². The highest BCUT2D eigenvalue weighted by molar-refractivity contribution is 6.09. The third-order valence-corrected chi connectivity index (χ3v) is 10.4. The molecule has 0 radical (unpaired) electrons. The van der Waals surface area contributed by atoms with E-state index >= 15 is 0 Å². The molecule has 3 amide bonds. The number of benzene rings is 6. The molecular weight excluding hydrogens is 773 g/mol. The van der Waals surface area contributed by atoms with Crippen LogP contribution in [0.25, 0.3) is 11.1 Å². The normalized spacial score (nSPS) is 11.2. The van der Waals surface area contributed by atoms with Crippen molar-refractivity contribution in [3.8, 4) is 28.7 Å². The summed E-state index contributed by atoms with van der Waals surface area (Å²) >= 11 is 0. The number of carboxylic acid groups (broad SMARTS) is 1. The molecular formula is C49H42N4O8. The molecule has 1 atom stereocenters. The number of anilines is 3. The number of amides is 3. The lowest BCUT2D eigenvalue weighted by Gasteiger charge is -2.15. The van der Waals surface area contributed by atoms with Crippen molar-refractivity contribution in [2.24, 2.45) is 5.92 Å². The van der Waals surface area contributed by atoms with Crippen molar-refractivity contribution in [3.05, 3.63) is 172 Å². The number of nitrogens with one attached hydrogen (secondary N) is 3. The van der Waals surface area contributed by atoms with E-state index in [0.29, 0.717) is 11.3 Å². The van der Waals surface area contributed by atoms with Gasteiger partial charge in [-0.05, 0) is 97.5 Å². The number of carbonyl (C=O) groups is 5. The molecule has 0 spiro atoms. The number of nitrogens with zero attached hydrogens (tertiary/aromatic N) is 1. The highest BCUT2D eigenvalue weighted by Crippen LogP contribution is 2.33. The number of phenolic OH excluding ortho intramolecular Hbond substituents is 1. The molecule has 6 N–H and O–H groups in total. The minimum Gasteiger partial charge on any atom is -0.507 e. The van der Waals surface area contributed by atoms with Crippen LogP contribution in [0.4, 0.5) is 17.1 Å². The zero-order valence-corrected chi connectivity index (χ0v) is 33.4. The third-order valence-electron chi connectivity index (χ3n) is 10.4. The summed E-state index contributed by atoms with van der Waals surface area (Å²) in [4.78, 5) is 63.9. The summed E-state index contributed by atoms with van der Waals surface area (Å²) in [7, 11) is 0. The molecule has 0 bridgehead atoms. The fourth-order valence-corrected chi connectivity index (χ4v) is 6.71. The van der Waals surface area contributed by atoms with Gasteiger partial charge in [-0.1, -0.05) is 78.9 Å². The van der Waals surface area contributed by atoms with Crippen LogP contribution in [0.3, 0.4) is 0 Å². The van der Waals surface area contributed by atoms with Crippen LogP contribution in [0, 0.1) is 31.1 Å². The highest BCUT2D eigenvalue weighted by Gasteiger charge is 2.24. The molecule has 0 aliphatic carbocycles. The van der Waals surface area contributed by atoms with Crippen molar-refractivity contribution in [1.82, 2.24) is 0 Å². The zero-order valence-electron chi connectivity index (χ0n) is 33.4. The van der Waals surface area contributed by atoms with Crippen LogP contribution >= 0.6 is 0 Å². The number of hydrogen-bond acceptors (Lipinski definition) is 8. The number of rotatable bonds is 15. The van der Waals surface area contributed by atoms with Crippen molar-refractivity contribution >= 4 is 46.5 Å².